The van der Waals surface area contributed by atoms with E-state index in [0.29, 0.717) is 16.0 Å². The second-order valence-corrected chi connectivity index (χ2v) is 5.86. The molecule has 0 aliphatic rings. The van der Waals surface area contributed by atoms with Crippen molar-refractivity contribution in [2.45, 2.75) is 13.3 Å². The van der Waals surface area contributed by atoms with Crippen LogP contribution in [0.25, 0.3) is 17.0 Å². The molecule has 1 aromatic heterocycles. The molecule has 0 saturated carbocycles. The van der Waals surface area contributed by atoms with E-state index in [1.807, 2.05) is 24.3 Å². The summed E-state index contributed by atoms with van der Waals surface area (Å²) in [6, 6.07) is 14.3. The fraction of sp³-hybridized carbons (Fsp3) is 0.100. The lowest BCUT2D eigenvalue weighted by molar-refractivity contribution is 0.104. The zero-order valence-corrected chi connectivity index (χ0v) is 13.8. The molecule has 0 bridgehead atoms. The van der Waals surface area contributed by atoms with Gasteiger partial charge >= 0.3 is 5.63 Å². The first kappa shape index (κ1) is 16.2. The zero-order valence-electron chi connectivity index (χ0n) is 13.1. The Morgan fingerprint density at radius 1 is 1.12 bits per heavy atom. The predicted molar refractivity (Wildman–Crippen MR) is 96.7 cm³/mol. The third-order valence-corrected chi connectivity index (χ3v) is 4.01. The molecule has 0 aliphatic heterocycles. The van der Waals surface area contributed by atoms with E-state index in [-0.39, 0.29) is 5.56 Å². The third kappa shape index (κ3) is 3.47. The molecule has 3 rings (SSSR count). The Bertz CT molecular complexity index is 982. The molecule has 0 aliphatic carbocycles. The van der Waals surface area contributed by atoms with Crippen molar-refractivity contribution >= 4 is 34.4 Å². The number of hydrogen-bond acceptors (Lipinski definition) is 3. The van der Waals surface area contributed by atoms with E-state index < -0.39 is 11.4 Å². The van der Waals surface area contributed by atoms with E-state index in [0.717, 1.165) is 12.0 Å². The van der Waals surface area contributed by atoms with Crippen LogP contribution in [-0.4, -0.2) is 5.78 Å². The van der Waals surface area contributed by atoms with Crippen LogP contribution in [0.2, 0.25) is 5.02 Å². The monoisotopic (exact) mass is 338 g/mol. The van der Waals surface area contributed by atoms with E-state index in [1.165, 1.54) is 17.7 Å². The average molecular weight is 339 g/mol. The Balaban J connectivity index is 1.91. The van der Waals surface area contributed by atoms with Crippen LogP contribution in [0, 0.1) is 0 Å². The predicted octanol–water partition coefficient (Wildman–Crippen LogP) is 4.90. The molecule has 0 saturated heterocycles. The number of allylic oxidation sites excluding steroid dienone is 1. The van der Waals surface area contributed by atoms with E-state index in [2.05, 4.69) is 6.92 Å². The minimum absolute atomic E-state index is 0.00815. The van der Waals surface area contributed by atoms with Gasteiger partial charge in [-0.05, 0) is 47.9 Å². The van der Waals surface area contributed by atoms with Crippen LogP contribution in [0.4, 0.5) is 0 Å². The number of halogens is 1. The van der Waals surface area contributed by atoms with Gasteiger partial charge in [-0.3, -0.25) is 4.79 Å². The van der Waals surface area contributed by atoms with Crippen LogP contribution in [0.3, 0.4) is 0 Å². The normalized spacial score (nSPS) is 11.2. The van der Waals surface area contributed by atoms with Crippen LogP contribution < -0.4 is 5.63 Å². The molecule has 1 heterocycles. The van der Waals surface area contributed by atoms with Crippen molar-refractivity contribution in [1.82, 2.24) is 0 Å². The first-order valence-electron chi connectivity index (χ1n) is 7.61. The third-order valence-electron chi connectivity index (χ3n) is 3.77. The summed E-state index contributed by atoms with van der Waals surface area (Å²) in [5.74, 6) is -0.398. The van der Waals surface area contributed by atoms with Crippen molar-refractivity contribution in [3.8, 4) is 0 Å². The molecule has 0 unspecified atom stereocenters. The number of benzene rings is 2. The smallest absolute Gasteiger partial charge is 0.347 e. The SMILES string of the molecule is CCc1ccc(C=CC(=O)c2cc3cc(Cl)ccc3oc2=O)cc1. The summed E-state index contributed by atoms with van der Waals surface area (Å²) in [6.07, 6.45) is 4.02. The van der Waals surface area contributed by atoms with E-state index in [9.17, 15) is 9.59 Å². The molecule has 3 aromatic rings. The molecule has 120 valence electrons. The molecule has 0 atom stereocenters. The van der Waals surface area contributed by atoms with Gasteiger partial charge in [0.15, 0.2) is 5.78 Å². The van der Waals surface area contributed by atoms with Crippen molar-refractivity contribution in [3.05, 3.63) is 86.7 Å². The number of hydrogen-bond donors (Lipinski definition) is 0. The molecule has 0 radical (unpaired) electrons. The Kier molecular flexibility index (Phi) is 4.63. The quantitative estimate of drug-likeness (QED) is 0.386. The number of ketones is 1. The Labute approximate surface area is 144 Å². The second kappa shape index (κ2) is 6.85. The molecule has 0 amide bonds. The van der Waals surface area contributed by atoms with Crippen LogP contribution >= 0.6 is 11.6 Å². The first-order valence-corrected chi connectivity index (χ1v) is 7.99. The minimum Gasteiger partial charge on any atom is -0.422 e. The van der Waals surface area contributed by atoms with Crippen molar-refractivity contribution in [2.24, 2.45) is 0 Å². The summed E-state index contributed by atoms with van der Waals surface area (Å²) in [6.45, 7) is 2.08. The Hall–Kier alpha value is -2.65. The summed E-state index contributed by atoms with van der Waals surface area (Å²) in [7, 11) is 0. The summed E-state index contributed by atoms with van der Waals surface area (Å²) < 4.78 is 5.18. The van der Waals surface area contributed by atoms with Gasteiger partial charge in [0.25, 0.3) is 0 Å². The molecule has 0 N–H and O–H groups in total. The summed E-state index contributed by atoms with van der Waals surface area (Å²) in [5.41, 5.74) is 1.87. The molecule has 24 heavy (non-hydrogen) atoms. The number of fused-ring (bicyclic) bond motifs is 1. The molecule has 0 spiro atoms. The molecule has 3 nitrogen and oxygen atoms in total. The second-order valence-electron chi connectivity index (χ2n) is 5.42. The molecule has 2 aromatic carbocycles. The molecule has 4 heteroatoms. The van der Waals surface area contributed by atoms with Crippen LogP contribution in [-0.2, 0) is 6.42 Å². The highest BCUT2D eigenvalue weighted by Gasteiger charge is 2.11. The lowest BCUT2D eigenvalue weighted by atomic mass is 10.1. The minimum atomic E-state index is -0.652. The molecular weight excluding hydrogens is 324 g/mol. The van der Waals surface area contributed by atoms with Crippen molar-refractivity contribution < 1.29 is 9.21 Å². The van der Waals surface area contributed by atoms with E-state index in [4.69, 9.17) is 16.0 Å². The number of rotatable bonds is 4. The van der Waals surface area contributed by atoms with Crippen molar-refractivity contribution in [2.75, 3.05) is 0 Å². The lowest BCUT2D eigenvalue weighted by Gasteiger charge is -2.00. The van der Waals surface area contributed by atoms with Gasteiger partial charge in [0, 0.05) is 10.4 Å². The summed E-state index contributed by atoms with van der Waals surface area (Å²) in [5, 5.41) is 1.13. The Morgan fingerprint density at radius 3 is 2.58 bits per heavy atom. The fourth-order valence-electron chi connectivity index (χ4n) is 2.39. The topological polar surface area (TPSA) is 47.3 Å². The maximum absolute atomic E-state index is 12.3. The standard InChI is InChI=1S/C20H15ClO3/c1-2-13-3-5-14(6-4-13)7-9-18(22)17-12-15-11-16(21)8-10-19(15)24-20(17)23/h3-12H,2H2,1H3. The maximum Gasteiger partial charge on any atom is 0.347 e. The first-order chi connectivity index (χ1) is 11.6. The van der Waals surface area contributed by atoms with E-state index >= 15 is 0 Å². The van der Waals surface area contributed by atoms with Gasteiger partial charge < -0.3 is 4.42 Å². The number of carbonyl (C=O) groups excluding carboxylic acids is 1. The van der Waals surface area contributed by atoms with Crippen LogP contribution in [0.1, 0.15) is 28.4 Å². The van der Waals surface area contributed by atoms with Crippen molar-refractivity contribution in [3.63, 3.8) is 0 Å². The highest BCUT2D eigenvalue weighted by Crippen LogP contribution is 2.19. The van der Waals surface area contributed by atoms with Crippen LogP contribution in [0.15, 0.2) is 63.8 Å². The van der Waals surface area contributed by atoms with Gasteiger partial charge in [-0.15, -0.1) is 0 Å². The summed E-state index contributed by atoms with van der Waals surface area (Å²) in [4.78, 5) is 24.3. The largest absolute Gasteiger partial charge is 0.422 e. The van der Waals surface area contributed by atoms with Crippen molar-refractivity contribution in [1.29, 1.82) is 0 Å². The lowest BCUT2D eigenvalue weighted by Crippen LogP contribution is -2.11. The Morgan fingerprint density at radius 2 is 1.88 bits per heavy atom. The highest BCUT2D eigenvalue weighted by atomic mass is 35.5. The highest BCUT2D eigenvalue weighted by molar-refractivity contribution is 6.31. The van der Waals surface area contributed by atoms with Gasteiger partial charge in [-0.1, -0.05) is 48.9 Å². The van der Waals surface area contributed by atoms with Gasteiger partial charge in [0.1, 0.15) is 11.1 Å². The van der Waals surface area contributed by atoms with Gasteiger partial charge in [-0.2, -0.15) is 0 Å². The zero-order chi connectivity index (χ0) is 17.1. The average Bonchev–Trinajstić information content (AvgIpc) is 2.60. The van der Waals surface area contributed by atoms with Gasteiger partial charge in [0.2, 0.25) is 0 Å². The van der Waals surface area contributed by atoms with E-state index in [1.54, 1.807) is 24.3 Å². The van der Waals surface area contributed by atoms with Gasteiger partial charge in [0.05, 0.1) is 0 Å². The maximum atomic E-state index is 12.3. The number of carbonyl (C=O) groups is 1. The summed E-state index contributed by atoms with van der Waals surface area (Å²) >= 11 is 5.94. The molecular formula is C20H15ClO3. The fourth-order valence-corrected chi connectivity index (χ4v) is 2.57. The van der Waals surface area contributed by atoms with Crippen LogP contribution in [0.5, 0.6) is 0 Å². The number of aryl methyl sites for hydroxylation is 1. The van der Waals surface area contributed by atoms with Gasteiger partial charge in [-0.25, -0.2) is 4.79 Å². The molecule has 0 fully saturated rings.